The van der Waals surface area contributed by atoms with Crippen LogP contribution in [0.4, 0.5) is 18.9 Å². The number of carbonyl (C=O) groups is 2. The summed E-state index contributed by atoms with van der Waals surface area (Å²) >= 11 is 0. The minimum Gasteiger partial charge on any atom is -0.454 e. The van der Waals surface area contributed by atoms with E-state index < -0.39 is 24.2 Å². The zero-order chi connectivity index (χ0) is 17.7. The van der Waals surface area contributed by atoms with Crippen LogP contribution in [0.3, 0.4) is 0 Å². The number of hydrogen-bond acceptors (Lipinski definition) is 3. The van der Waals surface area contributed by atoms with Gasteiger partial charge in [-0.05, 0) is 24.6 Å². The number of amides is 1. The summed E-state index contributed by atoms with van der Waals surface area (Å²) in [5.41, 5.74) is 0.325. The van der Waals surface area contributed by atoms with E-state index in [0.717, 1.165) is 5.56 Å². The topological polar surface area (TPSA) is 55.4 Å². The molecule has 1 atom stereocenters. The van der Waals surface area contributed by atoms with Crippen molar-refractivity contribution in [3.8, 4) is 0 Å². The molecule has 2 aromatic carbocycles. The molecule has 1 N–H and O–H groups in total. The average Bonchev–Trinajstić information content (AvgIpc) is 2.55. The molecule has 0 aliphatic rings. The van der Waals surface area contributed by atoms with Crippen molar-refractivity contribution in [2.45, 2.75) is 19.2 Å². The molecule has 1 unspecified atom stereocenters. The van der Waals surface area contributed by atoms with Gasteiger partial charge >= 0.3 is 18.1 Å². The van der Waals surface area contributed by atoms with Crippen LogP contribution < -0.4 is 5.32 Å². The second-order valence-corrected chi connectivity index (χ2v) is 4.96. The summed E-state index contributed by atoms with van der Waals surface area (Å²) in [7, 11) is 0. The Morgan fingerprint density at radius 1 is 1.00 bits per heavy atom. The van der Waals surface area contributed by atoms with Gasteiger partial charge in [-0.2, -0.15) is 13.2 Å². The maximum absolute atomic E-state index is 12.4. The van der Waals surface area contributed by atoms with Crippen molar-refractivity contribution < 1.29 is 27.5 Å². The SMILES string of the molecule is CC(OC(=O)c1ccccc1NC(=O)C(F)(F)F)c1ccccc1. The Labute approximate surface area is 136 Å². The molecule has 0 aliphatic carbocycles. The fourth-order valence-electron chi connectivity index (χ4n) is 1.98. The predicted octanol–water partition coefficient (Wildman–Crippen LogP) is 4.11. The molecule has 0 saturated carbocycles. The van der Waals surface area contributed by atoms with Crippen LogP contribution in [-0.2, 0) is 9.53 Å². The van der Waals surface area contributed by atoms with E-state index in [1.165, 1.54) is 24.3 Å². The lowest BCUT2D eigenvalue weighted by molar-refractivity contribution is -0.167. The first kappa shape index (κ1) is 17.5. The van der Waals surface area contributed by atoms with E-state index in [4.69, 9.17) is 4.74 Å². The van der Waals surface area contributed by atoms with Gasteiger partial charge in [-0.3, -0.25) is 4.79 Å². The smallest absolute Gasteiger partial charge is 0.454 e. The molecular formula is C17H14F3NO3. The van der Waals surface area contributed by atoms with Crippen LogP contribution in [0.5, 0.6) is 0 Å². The maximum atomic E-state index is 12.4. The van der Waals surface area contributed by atoms with Crippen molar-refractivity contribution >= 4 is 17.6 Å². The van der Waals surface area contributed by atoms with E-state index in [2.05, 4.69) is 0 Å². The largest absolute Gasteiger partial charge is 0.471 e. The highest BCUT2D eigenvalue weighted by molar-refractivity contribution is 6.02. The fraction of sp³-hybridized carbons (Fsp3) is 0.176. The molecule has 126 valence electrons. The second kappa shape index (κ2) is 7.16. The number of hydrogen-bond donors (Lipinski definition) is 1. The molecule has 7 heteroatoms. The maximum Gasteiger partial charge on any atom is 0.471 e. The van der Waals surface area contributed by atoms with Crippen LogP contribution in [-0.4, -0.2) is 18.1 Å². The lowest BCUT2D eigenvalue weighted by atomic mass is 10.1. The van der Waals surface area contributed by atoms with Gasteiger partial charge in [0.05, 0.1) is 11.3 Å². The molecule has 0 aromatic heterocycles. The standard InChI is InChI=1S/C17H14F3NO3/c1-11(12-7-3-2-4-8-12)24-15(22)13-9-5-6-10-14(13)21-16(23)17(18,19)20/h2-11H,1H3,(H,21,23). The zero-order valence-electron chi connectivity index (χ0n) is 12.6. The molecule has 24 heavy (non-hydrogen) atoms. The first-order chi connectivity index (χ1) is 11.3. The number of anilines is 1. The summed E-state index contributed by atoms with van der Waals surface area (Å²) in [4.78, 5) is 23.3. The quantitative estimate of drug-likeness (QED) is 0.855. The Morgan fingerprint density at radius 2 is 1.58 bits per heavy atom. The number of carbonyl (C=O) groups excluding carboxylic acids is 2. The van der Waals surface area contributed by atoms with Crippen LogP contribution in [0.1, 0.15) is 28.9 Å². The van der Waals surface area contributed by atoms with Gasteiger partial charge < -0.3 is 10.1 Å². The average molecular weight is 337 g/mol. The third kappa shape index (κ3) is 4.34. The van der Waals surface area contributed by atoms with E-state index in [9.17, 15) is 22.8 Å². The molecule has 0 spiro atoms. The summed E-state index contributed by atoms with van der Waals surface area (Å²) in [6.07, 6.45) is -5.64. The van der Waals surface area contributed by atoms with Gasteiger partial charge in [-0.15, -0.1) is 0 Å². The summed E-state index contributed by atoms with van der Waals surface area (Å²) in [6.45, 7) is 1.64. The molecule has 0 heterocycles. The summed E-state index contributed by atoms with van der Waals surface area (Å²) in [6, 6.07) is 14.2. The monoisotopic (exact) mass is 337 g/mol. The van der Waals surface area contributed by atoms with Gasteiger partial charge in [0.1, 0.15) is 6.10 Å². The van der Waals surface area contributed by atoms with Crippen molar-refractivity contribution in [2.75, 3.05) is 5.32 Å². The van der Waals surface area contributed by atoms with Crippen LogP contribution in [0, 0.1) is 0 Å². The third-order valence-electron chi connectivity index (χ3n) is 3.21. The van der Waals surface area contributed by atoms with Gasteiger partial charge in [-0.25, -0.2) is 4.79 Å². The number of halogens is 3. The Kier molecular flexibility index (Phi) is 5.23. The van der Waals surface area contributed by atoms with Gasteiger partial charge in [0, 0.05) is 0 Å². The predicted molar refractivity (Wildman–Crippen MR) is 81.4 cm³/mol. The van der Waals surface area contributed by atoms with Crippen molar-refractivity contribution in [1.82, 2.24) is 0 Å². The van der Waals surface area contributed by atoms with Crippen LogP contribution in [0.25, 0.3) is 0 Å². The molecule has 0 bridgehead atoms. The number of ether oxygens (including phenoxy) is 1. The fourth-order valence-corrected chi connectivity index (χ4v) is 1.98. The summed E-state index contributed by atoms with van der Waals surface area (Å²) in [5, 5.41) is 1.68. The molecule has 1 amide bonds. The molecule has 2 rings (SSSR count). The number of alkyl halides is 3. The summed E-state index contributed by atoms with van der Waals surface area (Å²) in [5.74, 6) is -2.98. The lowest BCUT2D eigenvalue weighted by Gasteiger charge is -2.16. The molecular weight excluding hydrogens is 323 g/mol. The summed E-state index contributed by atoms with van der Waals surface area (Å²) < 4.78 is 42.4. The number of rotatable bonds is 4. The van der Waals surface area contributed by atoms with E-state index in [1.54, 1.807) is 42.6 Å². The Morgan fingerprint density at radius 3 is 2.21 bits per heavy atom. The van der Waals surface area contributed by atoms with E-state index in [0.29, 0.717) is 0 Å². The van der Waals surface area contributed by atoms with Crippen LogP contribution in [0.15, 0.2) is 54.6 Å². The Balaban J connectivity index is 2.17. The third-order valence-corrected chi connectivity index (χ3v) is 3.21. The Bertz CT molecular complexity index is 729. The first-order valence-corrected chi connectivity index (χ1v) is 7.02. The highest BCUT2D eigenvalue weighted by Gasteiger charge is 2.39. The zero-order valence-corrected chi connectivity index (χ0v) is 12.6. The minimum atomic E-state index is -5.05. The highest BCUT2D eigenvalue weighted by Crippen LogP contribution is 2.24. The molecule has 0 radical (unpaired) electrons. The Hall–Kier alpha value is -2.83. The molecule has 0 saturated heterocycles. The van der Waals surface area contributed by atoms with Gasteiger partial charge in [-0.1, -0.05) is 42.5 Å². The molecule has 0 fully saturated rings. The van der Waals surface area contributed by atoms with E-state index >= 15 is 0 Å². The van der Waals surface area contributed by atoms with Crippen LogP contribution >= 0.6 is 0 Å². The van der Waals surface area contributed by atoms with Crippen molar-refractivity contribution in [1.29, 1.82) is 0 Å². The molecule has 2 aromatic rings. The number of para-hydroxylation sites is 1. The van der Waals surface area contributed by atoms with Gasteiger partial charge in [0.25, 0.3) is 0 Å². The second-order valence-electron chi connectivity index (χ2n) is 4.96. The van der Waals surface area contributed by atoms with Crippen molar-refractivity contribution in [2.24, 2.45) is 0 Å². The van der Waals surface area contributed by atoms with Crippen molar-refractivity contribution in [3.05, 3.63) is 65.7 Å². The number of esters is 1. The van der Waals surface area contributed by atoms with E-state index in [-0.39, 0.29) is 11.3 Å². The highest BCUT2D eigenvalue weighted by atomic mass is 19.4. The van der Waals surface area contributed by atoms with Gasteiger partial charge in [0.15, 0.2) is 0 Å². The number of nitrogens with one attached hydrogen (secondary N) is 1. The minimum absolute atomic E-state index is 0.155. The van der Waals surface area contributed by atoms with Crippen molar-refractivity contribution in [3.63, 3.8) is 0 Å². The lowest BCUT2D eigenvalue weighted by Crippen LogP contribution is -2.30. The van der Waals surface area contributed by atoms with Gasteiger partial charge in [0.2, 0.25) is 0 Å². The first-order valence-electron chi connectivity index (χ1n) is 7.02. The normalized spacial score (nSPS) is 12.3. The number of benzene rings is 2. The molecule has 4 nitrogen and oxygen atoms in total. The van der Waals surface area contributed by atoms with E-state index in [1.807, 2.05) is 0 Å². The molecule has 0 aliphatic heterocycles. The van der Waals surface area contributed by atoms with Crippen LogP contribution in [0.2, 0.25) is 0 Å².